The van der Waals surface area contributed by atoms with Gasteiger partial charge >= 0.3 is 0 Å². The minimum atomic E-state index is 1.05. The number of fused-ring (bicyclic) bond motifs is 4. The van der Waals surface area contributed by atoms with Crippen LogP contribution in [0.4, 0.5) is 17.1 Å². The zero-order valence-electron chi connectivity index (χ0n) is 19.6. The molecule has 1 N–H and O–H groups in total. The van der Waals surface area contributed by atoms with Gasteiger partial charge in [0.1, 0.15) is 0 Å². The van der Waals surface area contributed by atoms with E-state index in [2.05, 4.69) is 96.4 Å². The van der Waals surface area contributed by atoms with Gasteiger partial charge in [0.2, 0.25) is 0 Å². The SMILES string of the molecule is Brc1ccc2ccc3c4c(cc5ccc1c2c53)[nH]c1ccc(N(c2ccncc2)c2ccncc2)cc14. The summed E-state index contributed by atoms with van der Waals surface area (Å²) in [5.74, 6) is 0. The third-order valence-electron chi connectivity index (χ3n) is 7.37. The van der Waals surface area contributed by atoms with Gasteiger partial charge in [-0.1, -0.05) is 46.3 Å². The van der Waals surface area contributed by atoms with Crippen LogP contribution in [0, 0.1) is 0 Å². The van der Waals surface area contributed by atoms with Crippen molar-refractivity contribution in [1.82, 2.24) is 15.0 Å². The summed E-state index contributed by atoms with van der Waals surface area (Å²) < 4.78 is 1.13. The number of aromatic amines is 1. The first kappa shape index (κ1) is 20.7. The molecule has 174 valence electrons. The number of nitrogens with one attached hydrogen (secondary N) is 1. The maximum absolute atomic E-state index is 4.23. The van der Waals surface area contributed by atoms with Crippen molar-refractivity contribution in [1.29, 1.82) is 0 Å². The zero-order chi connectivity index (χ0) is 24.5. The molecule has 8 aromatic rings. The van der Waals surface area contributed by atoms with Crippen LogP contribution in [0.15, 0.2) is 114 Å². The minimum absolute atomic E-state index is 1.05. The Kier molecular flexibility index (Phi) is 4.34. The van der Waals surface area contributed by atoms with Gasteiger partial charge in [-0.2, -0.15) is 0 Å². The fourth-order valence-electron chi connectivity index (χ4n) is 5.80. The normalized spacial score (nSPS) is 11.9. The van der Waals surface area contributed by atoms with E-state index in [1.165, 1.54) is 43.1 Å². The predicted octanol–water partition coefficient (Wildman–Crippen LogP) is 9.24. The van der Waals surface area contributed by atoms with Gasteiger partial charge in [0.05, 0.1) is 0 Å². The van der Waals surface area contributed by atoms with Crippen molar-refractivity contribution in [2.24, 2.45) is 0 Å². The third-order valence-corrected chi connectivity index (χ3v) is 8.06. The Morgan fingerprint density at radius 1 is 0.514 bits per heavy atom. The Morgan fingerprint density at radius 2 is 1.16 bits per heavy atom. The summed E-state index contributed by atoms with van der Waals surface area (Å²) >= 11 is 3.77. The van der Waals surface area contributed by atoms with Crippen LogP contribution in [0.5, 0.6) is 0 Å². The molecule has 5 aromatic carbocycles. The van der Waals surface area contributed by atoms with Gasteiger partial charge < -0.3 is 9.88 Å². The van der Waals surface area contributed by atoms with E-state index in [1.54, 1.807) is 0 Å². The molecule has 4 nitrogen and oxygen atoms in total. The number of anilines is 3. The lowest BCUT2D eigenvalue weighted by Gasteiger charge is -2.25. The van der Waals surface area contributed by atoms with E-state index < -0.39 is 0 Å². The highest BCUT2D eigenvalue weighted by atomic mass is 79.9. The van der Waals surface area contributed by atoms with Gasteiger partial charge in [-0.05, 0) is 86.9 Å². The van der Waals surface area contributed by atoms with E-state index in [0.29, 0.717) is 0 Å². The van der Waals surface area contributed by atoms with E-state index in [-0.39, 0.29) is 0 Å². The monoisotopic (exact) mass is 538 g/mol. The highest BCUT2D eigenvalue weighted by Crippen LogP contribution is 2.44. The van der Waals surface area contributed by atoms with E-state index in [1.807, 2.05) is 49.1 Å². The number of pyridine rings is 2. The van der Waals surface area contributed by atoms with Gasteiger partial charge in [0.25, 0.3) is 0 Å². The second-order valence-electron chi connectivity index (χ2n) is 9.37. The molecule has 0 saturated heterocycles. The third kappa shape index (κ3) is 3.01. The molecule has 3 aromatic heterocycles. The van der Waals surface area contributed by atoms with Crippen molar-refractivity contribution in [2.45, 2.75) is 0 Å². The van der Waals surface area contributed by atoms with E-state index in [4.69, 9.17) is 0 Å². The summed E-state index contributed by atoms with van der Waals surface area (Å²) in [5.41, 5.74) is 5.45. The largest absolute Gasteiger partial charge is 0.354 e. The highest BCUT2D eigenvalue weighted by Gasteiger charge is 2.18. The zero-order valence-corrected chi connectivity index (χ0v) is 21.2. The van der Waals surface area contributed by atoms with Crippen LogP contribution < -0.4 is 4.90 Å². The number of halogens is 1. The first-order valence-electron chi connectivity index (χ1n) is 12.2. The average molecular weight is 539 g/mol. The highest BCUT2D eigenvalue weighted by molar-refractivity contribution is 9.10. The lowest BCUT2D eigenvalue weighted by molar-refractivity contribution is 1.22. The summed E-state index contributed by atoms with van der Waals surface area (Å²) in [6, 6.07) is 30.4. The number of hydrogen-bond donors (Lipinski definition) is 1. The molecule has 0 fully saturated rings. The predicted molar refractivity (Wildman–Crippen MR) is 157 cm³/mol. The molecular formula is C32H19BrN4. The maximum atomic E-state index is 4.23. The van der Waals surface area contributed by atoms with Crippen LogP contribution in [0.2, 0.25) is 0 Å². The molecular weight excluding hydrogens is 520 g/mol. The molecule has 5 heteroatoms. The van der Waals surface area contributed by atoms with Crippen molar-refractivity contribution in [3.8, 4) is 0 Å². The smallest absolute Gasteiger partial charge is 0.0492 e. The topological polar surface area (TPSA) is 44.8 Å². The summed E-state index contributed by atoms with van der Waals surface area (Å²) in [5, 5.41) is 10.1. The lowest BCUT2D eigenvalue weighted by Crippen LogP contribution is -2.09. The number of nitrogens with zero attached hydrogens (tertiary/aromatic N) is 3. The van der Waals surface area contributed by atoms with Gasteiger partial charge in [-0.25, -0.2) is 0 Å². The van der Waals surface area contributed by atoms with E-state index >= 15 is 0 Å². The summed E-state index contributed by atoms with van der Waals surface area (Å²) in [7, 11) is 0. The number of rotatable bonds is 3. The molecule has 0 radical (unpaired) electrons. The summed E-state index contributed by atoms with van der Waals surface area (Å²) in [6.45, 7) is 0. The average Bonchev–Trinajstić information content (AvgIpc) is 3.31. The molecule has 0 saturated carbocycles. The Balaban J connectivity index is 1.46. The van der Waals surface area contributed by atoms with Gasteiger partial charge in [0.15, 0.2) is 0 Å². The molecule has 0 aliphatic carbocycles. The second-order valence-corrected chi connectivity index (χ2v) is 10.2. The number of hydrogen-bond acceptors (Lipinski definition) is 3. The minimum Gasteiger partial charge on any atom is -0.354 e. The Bertz CT molecular complexity index is 2060. The fraction of sp³-hybridized carbons (Fsp3) is 0. The van der Waals surface area contributed by atoms with E-state index in [0.717, 1.165) is 32.6 Å². The number of benzene rings is 5. The van der Waals surface area contributed by atoms with Crippen molar-refractivity contribution < 1.29 is 0 Å². The molecule has 0 aliphatic heterocycles. The van der Waals surface area contributed by atoms with Crippen molar-refractivity contribution in [2.75, 3.05) is 4.90 Å². The maximum Gasteiger partial charge on any atom is 0.0492 e. The Labute approximate surface area is 220 Å². The Morgan fingerprint density at radius 3 is 1.92 bits per heavy atom. The standard InChI is InChI=1S/C32H19BrN4/c33-27-7-3-19-1-6-25-31-20(2-5-24(27)30(19)31)17-29-32(25)26-18-23(4-8-28(26)36-29)37(21-9-13-34-14-10-21)22-11-15-35-16-12-22/h1-18,36H. The first-order chi connectivity index (χ1) is 18.3. The van der Waals surface area contributed by atoms with Crippen LogP contribution >= 0.6 is 15.9 Å². The number of aromatic nitrogens is 3. The molecule has 8 rings (SSSR count). The molecule has 0 atom stereocenters. The molecule has 3 heterocycles. The van der Waals surface area contributed by atoms with E-state index in [9.17, 15) is 0 Å². The van der Waals surface area contributed by atoms with Gasteiger partial charge in [-0.3, -0.25) is 9.97 Å². The molecule has 0 spiro atoms. The van der Waals surface area contributed by atoms with Crippen molar-refractivity contribution in [3.63, 3.8) is 0 Å². The van der Waals surface area contributed by atoms with Gasteiger partial charge in [-0.15, -0.1) is 0 Å². The Hall–Kier alpha value is -4.48. The summed E-state index contributed by atoms with van der Waals surface area (Å²) in [4.78, 5) is 14.4. The van der Waals surface area contributed by atoms with Gasteiger partial charge in [0, 0.05) is 68.1 Å². The number of H-pyrrole nitrogens is 1. The molecule has 0 aliphatic rings. The molecule has 37 heavy (non-hydrogen) atoms. The van der Waals surface area contributed by atoms with Crippen LogP contribution in [0.1, 0.15) is 0 Å². The molecule has 0 unspecified atom stereocenters. The molecule has 0 amide bonds. The molecule has 0 bridgehead atoms. The van der Waals surface area contributed by atoms with Crippen molar-refractivity contribution in [3.05, 3.63) is 114 Å². The lowest BCUT2D eigenvalue weighted by atomic mass is 9.92. The quantitative estimate of drug-likeness (QED) is 0.228. The van der Waals surface area contributed by atoms with Crippen LogP contribution in [0.3, 0.4) is 0 Å². The first-order valence-corrected chi connectivity index (χ1v) is 13.0. The van der Waals surface area contributed by atoms with Crippen LogP contribution in [-0.2, 0) is 0 Å². The van der Waals surface area contributed by atoms with Crippen molar-refractivity contribution >= 4 is 87.1 Å². The van der Waals surface area contributed by atoms with Crippen LogP contribution in [-0.4, -0.2) is 15.0 Å². The fourth-order valence-corrected chi connectivity index (χ4v) is 6.26. The second kappa shape index (κ2) is 7.76. The van der Waals surface area contributed by atoms with Crippen LogP contribution in [0.25, 0.3) is 54.1 Å². The summed E-state index contributed by atoms with van der Waals surface area (Å²) in [6.07, 6.45) is 7.32.